The number of morpholine rings is 1. The summed E-state index contributed by atoms with van der Waals surface area (Å²) in [4.78, 5) is 29.8. The van der Waals surface area contributed by atoms with Crippen molar-refractivity contribution in [2.45, 2.75) is 26.3 Å². The largest absolute Gasteiger partial charge is 0.507 e. The molecule has 1 unspecified atom stereocenters. The van der Waals surface area contributed by atoms with Crippen LogP contribution < -0.4 is 0 Å². The summed E-state index contributed by atoms with van der Waals surface area (Å²) < 4.78 is 21.9. The minimum Gasteiger partial charge on any atom is -0.507 e. The Balaban J connectivity index is 1.73. The smallest absolute Gasteiger partial charge is 0.295 e. The molecule has 3 heterocycles. The molecule has 1 amide bonds. The van der Waals surface area contributed by atoms with Gasteiger partial charge in [-0.05, 0) is 26.3 Å². The summed E-state index contributed by atoms with van der Waals surface area (Å²) in [5, 5.41) is 15.5. The zero-order valence-corrected chi connectivity index (χ0v) is 19.2. The number of carbonyl (C=O) groups is 2. The molecule has 0 aliphatic carbocycles. The molecular formula is C24H29FN4O4. The molecule has 2 fully saturated rings. The molecule has 0 saturated carbocycles. The zero-order chi connectivity index (χ0) is 23.7. The monoisotopic (exact) mass is 456 g/mol. The van der Waals surface area contributed by atoms with E-state index in [9.17, 15) is 19.1 Å². The summed E-state index contributed by atoms with van der Waals surface area (Å²) in [5.74, 6) is -2.39. The standard InChI is InChI=1S/C24H29FN4O4/c1-15-19(16(2)27(3)26-15)22(30)20-21(17-7-4-5-8-18(17)25)29(24(32)23(20)31)10-6-9-28-11-13-33-14-12-28/h4-5,7-8,21,30H,6,9-14H2,1-3H3/b22-20+. The highest BCUT2D eigenvalue weighted by Crippen LogP contribution is 2.41. The van der Waals surface area contributed by atoms with Crippen LogP contribution in [0, 0.1) is 19.7 Å². The maximum atomic E-state index is 14.9. The van der Waals surface area contributed by atoms with Crippen LogP contribution in [0.1, 0.15) is 35.0 Å². The molecule has 2 aliphatic rings. The van der Waals surface area contributed by atoms with Crippen LogP contribution in [0.25, 0.3) is 5.76 Å². The Morgan fingerprint density at radius 2 is 1.88 bits per heavy atom. The van der Waals surface area contributed by atoms with Crippen LogP contribution in [0.3, 0.4) is 0 Å². The fraction of sp³-hybridized carbons (Fsp3) is 0.458. The Morgan fingerprint density at radius 3 is 2.52 bits per heavy atom. The predicted octanol–water partition coefficient (Wildman–Crippen LogP) is 2.32. The predicted molar refractivity (Wildman–Crippen MR) is 120 cm³/mol. The molecule has 2 aromatic rings. The highest BCUT2D eigenvalue weighted by atomic mass is 19.1. The van der Waals surface area contributed by atoms with Crippen molar-refractivity contribution in [3.63, 3.8) is 0 Å². The summed E-state index contributed by atoms with van der Waals surface area (Å²) in [5.41, 5.74) is 1.65. The number of nitrogens with zero attached hydrogens (tertiary/aromatic N) is 4. The Labute approximate surface area is 192 Å². The average Bonchev–Trinajstić information content (AvgIpc) is 3.20. The van der Waals surface area contributed by atoms with Gasteiger partial charge in [-0.3, -0.25) is 19.2 Å². The SMILES string of the molecule is Cc1nn(C)c(C)c1/C(O)=C1\C(=O)C(=O)N(CCCN2CCOCC2)C1c1ccccc1F. The first kappa shape index (κ1) is 23.1. The van der Waals surface area contributed by atoms with E-state index >= 15 is 0 Å². The van der Waals surface area contributed by atoms with Gasteiger partial charge in [0, 0.05) is 44.5 Å². The van der Waals surface area contributed by atoms with Gasteiger partial charge in [-0.2, -0.15) is 5.10 Å². The quantitative estimate of drug-likeness (QED) is 0.408. The van der Waals surface area contributed by atoms with Crippen molar-refractivity contribution in [1.82, 2.24) is 19.6 Å². The van der Waals surface area contributed by atoms with Crippen LogP contribution in [-0.4, -0.2) is 75.8 Å². The molecular weight excluding hydrogens is 427 g/mol. The summed E-state index contributed by atoms with van der Waals surface area (Å²) in [7, 11) is 1.73. The van der Waals surface area contributed by atoms with Crippen molar-refractivity contribution in [3.05, 3.63) is 58.2 Å². The summed E-state index contributed by atoms with van der Waals surface area (Å²) in [6, 6.07) is 5.06. The van der Waals surface area contributed by atoms with E-state index in [0.717, 1.165) is 19.6 Å². The fourth-order valence-electron chi connectivity index (χ4n) is 4.67. The van der Waals surface area contributed by atoms with Gasteiger partial charge in [0.15, 0.2) is 0 Å². The van der Waals surface area contributed by atoms with Gasteiger partial charge in [0.25, 0.3) is 11.7 Å². The van der Waals surface area contributed by atoms with E-state index in [1.165, 1.54) is 11.0 Å². The first-order chi connectivity index (χ1) is 15.8. The molecule has 0 bridgehead atoms. The van der Waals surface area contributed by atoms with E-state index in [1.54, 1.807) is 43.8 Å². The molecule has 4 rings (SSSR count). The third kappa shape index (κ3) is 4.30. The number of aryl methyl sites for hydroxylation is 2. The van der Waals surface area contributed by atoms with Gasteiger partial charge in [-0.15, -0.1) is 0 Å². The molecule has 1 atom stereocenters. The van der Waals surface area contributed by atoms with Crippen LogP contribution in [0.4, 0.5) is 4.39 Å². The molecule has 1 aromatic heterocycles. The number of aliphatic hydroxyl groups is 1. The number of hydrogen-bond acceptors (Lipinski definition) is 6. The molecule has 33 heavy (non-hydrogen) atoms. The van der Waals surface area contributed by atoms with E-state index in [4.69, 9.17) is 4.74 Å². The van der Waals surface area contributed by atoms with Crippen molar-refractivity contribution >= 4 is 17.4 Å². The van der Waals surface area contributed by atoms with Gasteiger partial charge in [0.2, 0.25) is 0 Å². The van der Waals surface area contributed by atoms with E-state index < -0.39 is 23.5 Å². The lowest BCUT2D eigenvalue weighted by atomic mass is 9.94. The van der Waals surface area contributed by atoms with Gasteiger partial charge in [0.05, 0.1) is 36.1 Å². The first-order valence-corrected chi connectivity index (χ1v) is 11.1. The number of aliphatic hydroxyl groups excluding tert-OH is 1. The zero-order valence-electron chi connectivity index (χ0n) is 19.2. The topological polar surface area (TPSA) is 87.9 Å². The molecule has 176 valence electrons. The van der Waals surface area contributed by atoms with Crippen molar-refractivity contribution < 1.29 is 23.8 Å². The molecule has 8 nitrogen and oxygen atoms in total. The summed E-state index contributed by atoms with van der Waals surface area (Å²) in [6.07, 6.45) is 0.614. The first-order valence-electron chi connectivity index (χ1n) is 11.1. The van der Waals surface area contributed by atoms with Crippen molar-refractivity contribution in [1.29, 1.82) is 0 Å². The Kier molecular flexibility index (Phi) is 6.62. The number of halogens is 1. The van der Waals surface area contributed by atoms with E-state index in [1.807, 2.05) is 0 Å². The van der Waals surface area contributed by atoms with Crippen LogP contribution in [0.2, 0.25) is 0 Å². The van der Waals surface area contributed by atoms with Crippen LogP contribution in [-0.2, 0) is 21.4 Å². The molecule has 1 N–H and O–H groups in total. The Bertz CT molecular complexity index is 1100. The van der Waals surface area contributed by atoms with Crippen molar-refractivity contribution in [2.24, 2.45) is 7.05 Å². The number of ketones is 1. The summed E-state index contributed by atoms with van der Waals surface area (Å²) >= 11 is 0. The second-order valence-corrected chi connectivity index (χ2v) is 8.49. The van der Waals surface area contributed by atoms with E-state index in [0.29, 0.717) is 36.6 Å². The Hall–Kier alpha value is -3.04. The Morgan fingerprint density at radius 1 is 1.18 bits per heavy atom. The fourth-order valence-corrected chi connectivity index (χ4v) is 4.67. The molecule has 9 heteroatoms. The number of carbonyl (C=O) groups excluding carboxylic acids is 2. The number of aromatic nitrogens is 2. The van der Waals surface area contributed by atoms with Gasteiger partial charge in [-0.1, -0.05) is 18.2 Å². The third-order valence-electron chi connectivity index (χ3n) is 6.46. The average molecular weight is 457 g/mol. The van der Waals surface area contributed by atoms with Gasteiger partial charge in [-0.25, -0.2) is 4.39 Å². The number of hydrogen-bond donors (Lipinski definition) is 1. The lowest BCUT2D eigenvalue weighted by Crippen LogP contribution is -2.39. The third-order valence-corrected chi connectivity index (χ3v) is 6.46. The number of ether oxygens (including phenoxy) is 1. The molecule has 0 radical (unpaired) electrons. The second kappa shape index (κ2) is 9.44. The highest BCUT2D eigenvalue weighted by Gasteiger charge is 2.47. The van der Waals surface area contributed by atoms with E-state index in [-0.39, 0.29) is 23.4 Å². The number of rotatable bonds is 6. The summed E-state index contributed by atoms with van der Waals surface area (Å²) in [6.45, 7) is 7.46. The van der Waals surface area contributed by atoms with Crippen LogP contribution >= 0.6 is 0 Å². The molecule has 1 aromatic carbocycles. The maximum absolute atomic E-state index is 14.9. The lowest BCUT2D eigenvalue weighted by Gasteiger charge is -2.29. The molecule has 2 aliphatic heterocycles. The van der Waals surface area contributed by atoms with Crippen LogP contribution in [0.5, 0.6) is 0 Å². The second-order valence-electron chi connectivity index (χ2n) is 8.49. The van der Waals surface area contributed by atoms with Gasteiger partial charge < -0.3 is 14.7 Å². The number of benzene rings is 1. The number of amides is 1. The molecule has 0 spiro atoms. The van der Waals surface area contributed by atoms with E-state index in [2.05, 4.69) is 10.00 Å². The van der Waals surface area contributed by atoms with Crippen molar-refractivity contribution in [2.75, 3.05) is 39.4 Å². The normalized spacial score (nSPS) is 21.2. The number of Topliss-reactive ketones (excluding diaryl/α,β-unsaturated/α-hetero) is 1. The lowest BCUT2D eigenvalue weighted by molar-refractivity contribution is -0.140. The molecule has 2 saturated heterocycles. The number of likely N-dealkylation sites (tertiary alicyclic amines) is 1. The van der Waals surface area contributed by atoms with Crippen LogP contribution in [0.15, 0.2) is 29.8 Å². The van der Waals surface area contributed by atoms with Gasteiger partial charge in [0.1, 0.15) is 11.6 Å². The highest BCUT2D eigenvalue weighted by molar-refractivity contribution is 6.46. The minimum absolute atomic E-state index is 0.101. The van der Waals surface area contributed by atoms with Gasteiger partial charge >= 0.3 is 0 Å². The van der Waals surface area contributed by atoms with Crippen molar-refractivity contribution in [3.8, 4) is 0 Å². The minimum atomic E-state index is -1.00. The maximum Gasteiger partial charge on any atom is 0.295 e.